The smallest absolute Gasteiger partial charge is 0.116 e. The molecule has 0 saturated carbocycles. The number of benzene rings is 1. The van der Waals surface area contributed by atoms with Gasteiger partial charge in [-0.1, -0.05) is 30.0 Å². The Kier molecular flexibility index (Phi) is 2.75. The third-order valence-electron chi connectivity index (χ3n) is 1.96. The van der Waals surface area contributed by atoms with Gasteiger partial charge >= 0.3 is 0 Å². The van der Waals surface area contributed by atoms with E-state index in [-0.39, 0.29) is 0 Å². The van der Waals surface area contributed by atoms with Gasteiger partial charge in [-0.3, -0.25) is 4.68 Å². The van der Waals surface area contributed by atoms with E-state index in [1.54, 1.807) is 22.6 Å². The van der Waals surface area contributed by atoms with Crippen molar-refractivity contribution < 1.29 is 0 Å². The molecule has 0 saturated heterocycles. The maximum Gasteiger partial charge on any atom is 0.116 e. The van der Waals surface area contributed by atoms with Gasteiger partial charge in [0.25, 0.3) is 0 Å². The summed E-state index contributed by atoms with van der Waals surface area (Å²) in [6.07, 6.45) is 1.59. The molecule has 2 rings (SSSR count). The zero-order chi connectivity index (χ0) is 10.7. The second-order valence-electron chi connectivity index (χ2n) is 3.01. The highest BCUT2D eigenvalue weighted by Crippen LogP contribution is 2.29. The Morgan fingerprint density at radius 1 is 1.33 bits per heavy atom. The topological polar surface area (TPSA) is 41.6 Å². The van der Waals surface area contributed by atoms with E-state index in [1.807, 2.05) is 37.4 Å². The van der Waals surface area contributed by atoms with E-state index in [0.29, 0.717) is 5.56 Å². The molecule has 74 valence electrons. The van der Waals surface area contributed by atoms with Gasteiger partial charge in [0.15, 0.2) is 0 Å². The standard InChI is InChI=1S/C11H9N3S/c1-14-11(9(7-12)8-13-14)15-10-5-3-2-4-6-10/h2-6,8H,1H3. The van der Waals surface area contributed by atoms with Crippen LogP contribution in [0, 0.1) is 11.3 Å². The fraction of sp³-hybridized carbons (Fsp3) is 0.0909. The molecule has 0 fully saturated rings. The Balaban J connectivity index is 2.33. The Labute approximate surface area is 92.3 Å². The predicted molar refractivity (Wildman–Crippen MR) is 58.5 cm³/mol. The highest BCUT2D eigenvalue weighted by atomic mass is 32.2. The lowest BCUT2D eigenvalue weighted by molar-refractivity contribution is 0.698. The Morgan fingerprint density at radius 3 is 2.73 bits per heavy atom. The van der Waals surface area contributed by atoms with Crippen LogP contribution < -0.4 is 0 Å². The first kappa shape index (κ1) is 9.81. The number of hydrogen-bond acceptors (Lipinski definition) is 3. The zero-order valence-electron chi connectivity index (χ0n) is 8.21. The summed E-state index contributed by atoms with van der Waals surface area (Å²) >= 11 is 1.55. The lowest BCUT2D eigenvalue weighted by atomic mass is 10.4. The molecule has 2 aromatic rings. The van der Waals surface area contributed by atoms with Gasteiger partial charge < -0.3 is 0 Å². The monoisotopic (exact) mass is 215 g/mol. The number of aromatic nitrogens is 2. The van der Waals surface area contributed by atoms with Gasteiger partial charge in [-0.25, -0.2) is 0 Å². The summed E-state index contributed by atoms with van der Waals surface area (Å²) < 4.78 is 1.72. The van der Waals surface area contributed by atoms with Gasteiger partial charge in [0.1, 0.15) is 16.7 Å². The lowest BCUT2D eigenvalue weighted by Gasteiger charge is -2.01. The van der Waals surface area contributed by atoms with Crippen molar-refractivity contribution in [2.75, 3.05) is 0 Å². The molecule has 0 spiro atoms. The summed E-state index contributed by atoms with van der Waals surface area (Å²) in [5.74, 6) is 0. The fourth-order valence-electron chi connectivity index (χ4n) is 1.22. The Hall–Kier alpha value is -1.73. The van der Waals surface area contributed by atoms with E-state index in [0.717, 1.165) is 9.92 Å². The van der Waals surface area contributed by atoms with E-state index in [2.05, 4.69) is 11.2 Å². The predicted octanol–water partition coefficient (Wildman–Crippen LogP) is 2.44. The van der Waals surface area contributed by atoms with Gasteiger partial charge in [0, 0.05) is 11.9 Å². The van der Waals surface area contributed by atoms with Gasteiger partial charge in [-0.15, -0.1) is 0 Å². The van der Waals surface area contributed by atoms with Crippen molar-refractivity contribution in [1.82, 2.24) is 9.78 Å². The average molecular weight is 215 g/mol. The van der Waals surface area contributed by atoms with Crippen LogP contribution in [0.15, 0.2) is 46.5 Å². The molecule has 0 aliphatic rings. The molecule has 0 unspecified atom stereocenters. The van der Waals surface area contributed by atoms with Crippen molar-refractivity contribution in [3.63, 3.8) is 0 Å². The molecule has 0 N–H and O–H groups in total. The van der Waals surface area contributed by atoms with Crippen molar-refractivity contribution in [3.8, 4) is 6.07 Å². The van der Waals surface area contributed by atoms with Gasteiger partial charge in [-0.2, -0.15) is 10.4 Å². The van der Waals surface area contributed by atoms with E-state index < -0.39 is 0 Å². The van der Waals surface area contributed by atoms with Gasteiger partial charge in [-0.05, 0) is 12.1 Å². The normalized spacial score (nSPS) is 9.87. The molecule has 0 aliphatic carbocycles. The molecule has 1 heterocycles. The number of aryl methyl sites for hydroxylation is 1. The van der Waals surface area contributed by atoms with Gasteiger partial charge in [0.2, 0.25) is 0 Å². The van der Waals surface area contributed by atoms with Crippen LogP contribution in [0.5, 0.6) is 0 Å². The number of nitriles is 1. The quantitative estimate of drug-likeness (QED) is 0.772. The van der Waals surface area contributed by atoms with Crippen LogP contribution in [0.25, 0.3) is 0 Å². The highest BCUT2D eigenvalue weighted by Gasteiger charge is 2.08. The molecule has 1 aromatic heterocycles. The SMILES string of the molecule is Cn1ncc(C#N)c1Sc1ccccc1. The largest absolute Gasteiger partial charge is 0.260 e. The minimum atomic E-state index is 0.617. The number of nitrogens with zero attached hydrogens (tertiary/aromatic N) is 3. The van der Waals surface area contributed by atoms with Crippen LogP contribution in [0.3, 0.4) is 0 Å². The van der Waals surface area contributed by atoms with Crippen molar-refractivity contribution in [3.05, 3.63) is 42.1 Å². The van der Waals surface area contributed by atoms with E-state index in [1.165, 1.54) is 0 Å². The summed E-state index contributed by atoms with van der Waals surface area (Å²) in [5, 5.41) is 13.8. The highest BCUT2D eigenvalue weighted by molar-refractivity contribution is 7.99. The van der Waals surface area contributed by atoms with Crippen LogP contribution in [0.2, 0.25) is 0 Å². The maximum atomic E-state index is 8.89. The molecule has 1 aromatic carbocycles. The summed E-state index contributed by atoms with van der Waals surface area (Å²) in [5.41, 5.74) is 0.617. The Morgan fingerprint density at radius 2 is 2.07 bits per heavy atom. The first-order chi connectivity index (χ1) is 7.31. The van der Waals surface area contributed by atoms with E-state index in [9.17, 15) is 0 Å². The summed E-state index contributed by atoms with van der Waals surface area (Å²) in [6, 6.07) is 12.1. The molecule has 4 heteroatoms. The molecule has 15 heavy (non-hydrogen) atoms. The van der Waals surface area contributed by atoms with Crippen LogP contribution in [-0.4, -0.2) is 9.78 Å². The summed E-state index contributed by atoms with van der Waals surface area (Å²) in [4.78, 5) is 1.11. The minimum absolute atomic E-state index is 0.617. The van der Waals surface area contributed by atoms with E-state index in [4.69, 9.17) is 5.26 Å². The molecule has 0 aliphatic heterocycles. The lowest BCUT2D eigenvalue weighted by Crippen LogP contribution is -1.92. The molecular formula is C11H9N3S. The van der Waals surface area contributed by atoms with Crippen LogP contribution in [0.1, 0.15) is 5.56 Å². The van der Waals surface area contributed by atoms with Gasteiger partial charge in [0.05, 0.1) is 6.20 Å². The number of rotatable bonds is 2. The fourth-order valence-corrected chi connectivity index (χ4v) is 2.13. The Bertz CT molecular complexity index is 496. The molecular weight excluding hydrogens is 206 g/mol. The van der Waals surface area contributed by atoms with Crippen molar-refractivity contribution >= 4 is 11.8 Å². The van der Waals surface area contributed by atoms with Crippen molar-refractivity contribution in [1.29, 1.82) is 5.26 Å². The molecule has 0 radical (unpaired) electrons. The summed E-state index contributed by atoms with van der Waals surface area (Å²) in [7, 11) is 1.84. The molecule has 0 amide bonds. The average Bonchev–Trinajstić information content (AvgIpc) is 2.62. The van der Waals surface area contributed by atoms with Crippen molar-refractivity contribution in [2.45, 2.75) is 9.92 Å². The second-order valence-corrected chi connectivity index (χ2v) is 4.08. The molecule has 0 atom stereocenters. The first-order valence-electron chi connectivity index (χ1n) is 4.46. The zero-order valence-corrected chi connectivity index (χ0v) is 9.03. The van der Waals surface area contributed by atoms with Crippen molar-refractivity contribution in [2.24, 2.45) is 7.05 Å². The molecule has 0 bridgehead atoms. The third kappa shape index (κ3) is 2.03. The van der Waals surface area contributed by atoms with Crippen LogP contribution >= 0.6 is 11.8 Å². The van der Waals surface area contributed by atoms with Crippen LogP contribution in [-0.2, 0) is 7.05 Å². The maximum absolute atomic E-state index is 8.89. The van der Waals surface area contributed by atoms with E-state index >= 15 is 0 Å². The summed E-state index contributed by atoms with van der Waals surface area (Å²) in [6.45, 7) is 0. The number of hydrogen-bond donors (Lipinski definition) is 0. The minimum Gasteiger partial charge on any atom is -0.260 e. The second kappa shape index (κ2) is 4.20. The first-order valence-corrected chi connectivity index (χ1v) is 5.28. The third-order valence-corrected chi connectivity index (χ3v) is 3.15. The van der Waals surface area contributed by atoms with Crippen LogP contribution in [0.4, 0.5) is 0 Å². The molecule has 3 nitrogen and oxygen atoms in total.